The number of carbonyl (C=O) groups is 1. The fourth-order valence-corrected chi connectivity index (χ4v) is 8.14. The zero-order valence-corrected chi connectivity index (χ0v) is 19.1. The summed E-state index contributed by atoms with van der Waals surface area (Å²) in [5, 5.41) is 0. The summed E-state index contributed by atoms with van der Waals surface area (Å²) >= 11 is 0. The number of benzene rings is 1. The quantitative estimate of drug-likeness (QED) is 0.553. The lowest BCUT2D eigenvalue weighted by Gasteiger charge is -2.48. The second kappa shape index (κ2) is 6.61. The van der Waals surface area contributed by atoms with Gasteiger partial charge in [0.2, 0.25) is 0 Å². The van der Waals surface area contributed by atoms with Crippen LogP contribution in [0.3, 0.4) is 0 Å². The van der Waals surface area contributed by atoms with Crippen molar-refractivity contribution in [2.75, 3.05) is 19.0 Å². The van der Waals surface area contributed by atoms with E-state index in [0.717, 1.165) is 18.8 Å². The number of nitrogens with zero attached hydrogens (tertiary/aromatic N) is 1. The lowest BCUT2D eigenvalue weighted by Crippen LogP contribution is -2.38. The molecule has 1 aromatic rings. The fraction of sp³-hybridized carbons (Fsp3) is 0.552. The van der Waals surface area contributed by atoms with Gasteiger partial charge in [-0.3, -0.25) is 4.79 Å². The van der Waals surface area contributed by atoms with Crippen LogP contribution in [0.2, 0.25) is 0 Å². The first-order chi connectivity index (χ1) is 15.0. The average molecular weight is 412 g/mol. The third-order valence-corrected chi connectivity index (χ3v) is 9.46. The molecule has 1 spiro atoms. The predicted molar refractivity (Wildman–Crippen MR) is 126 cm³/mol. The van der Waals surface area contributed by atoms with Crippen molar-refractivity contribution in [3.63, 3.8) is 0 Å². The summed E-state index contributed by atoms with van der Waals surface area (Å²) in [4.78, 5) is 14.3. The molecule has 0 saturated heterocycles. The minimum atomic E-state index is 0.295. The Kier molecular flexibility index (Phi) is 4.14. The third kappa shape index (κ3) is 2.62. The molecule has 6 rings (SSSR count). The molecule has 0 amide bonds. The lowest BCUT2D eigenvalue weighted by molar-refractivity contribution is -0.114. The normalized spacial score (nSPS) is 37.6. The van der Waals surface area contributed by atoms with Crippen LogP contribution in [0.1, 0.15) is 69.8 Å². The number of allylic oxidation sites excluding steroid dienone is 4. The molecule has 2 nitrogen and oxygen atoms in total. The summed E-state index contributed by atoms with van der Waals surface area (Å²) in [6.45, 7) is 2.03. The average Bonchev–Trinajstić information content (AvgIpc) is 3.27. The van der Waals surface area contributed by atoms with Crippen molar-refractivity contribution in [2.24, 2.45) is 22.7 Å². The van der Waals surface area contributed by atoms with Crippen LogP contribution in [-0.4, -0.2) is 19.9 Å². The Morgan fingerprint density at radius 3 is 2.61 bits per heavy atom. The first-order valence-corrected chi connectivity index (χ1v) is 12.2. The molecule has 5 aliphatic rings. The highest BCUT2D eigenvalue weighted by atomic mass is 16.1. The van der Waals surface area contributed by atoms with Gasteiger partial charge in [-0.25, -0.2) is 0 Å². The van der Waals surface area contributed by atoms with Gasteiger partial charge in [-0.2, -0.15) is 0 Å². The topological polar surface area (TPSA) is 20.3 Å². The molecule has 1 aromatic carbocycles. The third-order valence-electron chi connectivity index (χ3n) is 9.46. The van der Waals surface area contributed by atoms with E-state index in [9.17, 15) is 4.79 Å². The van der Waals surface area contributed by atoms with E-state index in [1.165, 1.54) is 48.9 Å². The number of ketones is 1. The van der Waals surface area contributed by atoms with E-state index in [2.05, 4.69) is 55.1 Å². The van der Waals surface area contributed by atoms with E-state index in [1.54, 1.807) is 11.1 Å². The molecule has 5 atom stereocenters. The van der Waals surface area contributed by atoms with Crippen molar-refractivity contribution in [3.05, 3.63) is 52.6 Å². The summed E-state index contributed by atoms with van der Waals surface area (Å²) in [6.07, 6.45) is 11.2. The molecular weight excluding hydrogens is 378 g/mol. The molecule has 0 heterocycles. The molecule has 0 bridgehead atoms. The number of rotatable bonds is 2. The van der Waals surface area contributed by atoms with E-state index < -0.39 is 0 Å². The van der Waals surface area contributed by atoms with Gasteiger partial charge in [-0.15, -0.1) is 5.92 Å². The molecule has 160 valence electrons. The van der Waals surface area contributed by atoms with Crippen molar-refractivity contribution in [1.82, 2.24) is 0 Å². The van der Waals surface area contributed by atoms with Crippen molar-refractivity contribution >= 4 is 11.5 Å². The van der Waals surface area contributed by atoms with Gasteiger partial charge in [-0.05, 0) is 104 Å². The first-order valence-electron chi connectivity index (χ1n) is 12.2. The molecule has 5 aliphatic carbocycles. The monoisotopic (exact) mass is 411 g/mol. The number of fused-ring (bicyclic) bond motifs is 3. The highest BCUT2D eigenvalue weighted by Gasteiger charge is 2.76. The van der Waals surface area contributed by atoms with Crippen LogP contribution in [0.5, 0.6) is 0 Å². The van der Waals surface area contributed by atoms with Crippen molar-refractivity contribution < 1.29 is 4.79 Å². The summed E-state index contributed by atoms with van der Waals surface area (Å²) in [5.41, 5.74) is 8.10. The van der Waals surface area contributed by atoms with Crippen LogP contribution in [0.25, 0.3) is 0 Å². The summed E-state index contributed by atoms with van der Waals surface area (Å²) < 4.78 is 0. The predicted octanol–water partition coefficient (Wildman–Crippen LogP) is 6.05. The molecule has 3 fully saturated rings. The molecule has 3 saturated carbocycles. The molecule has 4 unspecified atom stereocenters. The second-order valence-corrected chi connectivity index (χ2v) is 10.9. The Labute approximate surface area is 186 Å². The maximum atomic E-state index is 12.2. The SMILES string of the molecule is CC#C[C@]12CCC3C4CCC5=CC(=O)CCC5=C4C(c4ccc(N(C)C)cc4)CC31C2. The molecular formula is C29H33NO. The molecule has 31 heavy (non-hydrogen) atoms. The molecule has 0 aliphatic heterocycles. The first kappa shape index (κ1) is 19.4. The van der Waals surface area contributed by atoms with Crippen LogP contribution in [0.15, 0.2) is 47.1 Å². The van der Waals surface area contributed by atoms with E-state index in [-0.39, 0.29) is 0 Å². The Hall–Kier alpha value is -2.27. The fourth-order valence-electron chi connectivity index (χ4n) is 8.14. The smallest absolute Gasteiger partial charge is 0.156 e. The molecule has 0 aromatic heterocycles. The minimum Gasteiger partial charge on any atom is -0.378 e. The van der Waals surface area contributed by atoms with Gasteiger partial charge in [0.05, 0.1) is 0 Å². The van der Waals surface area contributed by atoms with Crippen LogP contribution in [0.4, 0.5) is 5.69 Å². The number of hydrogen-bond acceptors (Lipinski definition) is 2. The van der Waals surface area contributed by atoms with Gasteiger partial charge in [-0.1, -0.05) is 23.6 Å². The van der Waals surface area contributed by atoms with Gasteiger partial charge < -0.3 is 4.90 Å². The van der Waals surface area contributed by atoms with Crippen LogP contribution in [-0.2, 0) is 4.79 Å². The molecule has 2 heteroatoms. The zero-order valence-electron chi connectivity index (χ0n) is 19.1. The highest BCUT2D eigenvalue weighted by Crippen LogP contribution is 2.83. The van der Waals surface area contributed by atoms with Crippen LogP contribution in [0, 0.1) is 34.5 Å². The minimum absolute atomic E-state index is 0.295. The Balaban J connectivity index is 1.49. The van der Waals surface area contributed by atoms with Crippen molar-refractivity contribution in [1.29, 1.82) is 0 Å². The lowest BCUT2D eigenvalue weighted by atomic mass is 9.56. The van der Waals surface area contributed by atoms with Gasteiger partial charge in [0.1, 0.15) is 0 Å². The van der Waals surface area contributed by atoms with Gasteiger partial charge in [0, 0.05) is 37.5 Å². The molecule has 0 N–H and O–H groups in total. The van der Waals surface area contributed by atoms with Crippen molar-refractivity contribution in [3.8, 4) is 11.8 Å². The Bertz CT molecular complexity index is 1080. The summed E-state index contributed by atoms with van der Waals surface area (Å²) in [5.74, 6) is 9.32. The second-order valence-electron chi connectivity index (χ2n) is 10.9. The highest BCUT2D eigenvalue weighted by molar-refractivity contribution is 5.93. The van der Waals surface area contributed by atoms with Gasteiger partial charge in [0.15, 0.2) is 5.78 Å². The Morgan fingerprint density at radius 2 is 1.87 bits per heavy atom. The summed E-state index contributed by atoms with van der Waals surface area (Å²) in [7, 11) is 4.22. The van der Waals surface area contributed by atoms with E-state index >= 15 is 0 Å². The largest absolute Gasteiger partial charge is 0.378 e. The van der Waals surface area contributed by atoms with Crippen LogP contribution < -0.4 is 4.90 Å². The number of carbonyl (C=O) groups excluding carboxylic acids is 1. The standard InChI is InChI=1S/C29H33NO/c1-4-14-28-15-13-26-24-11-7-20-16-22(31)10-12-23(20)27(24)25(17-29(26,28)18-28)19-5-8-21(9-6-19)30(2)3/h5-6,8-9,16,24-26H,7,10-13,15,17-18H2,1-3H3/t24?,25?,26?,28-,29?/m1/s1. The number of anilines is 1. The Morgan fingerprint density at radius 1 is 1.06 bits per heavy atom. The maximum absolute atomic E-state index is 12.2. The van der Waals surface area contributed by atoms with Crippen molar-refractivity contribution in [2.45, 2.75) is 64.2 Å². The van der Waals surface area contributed by atoms with Crippen LogP contribution >= 0.6 is 0 Å². The van der Waals surface area contributed by atoms with Gasteiger partial charge >= 0.3 is 0 Å². The zero-order chi connectivity index (χ0) is 21.4. The van der Waals surface area contributed by atoms with E-state index in [4.69, 9.17) is 0 Å². The van der Waals surface area contributed by atoms with E-state index in [0.29, 0.717) is 34.9 Å². The van der Waals surface area contributed by atoms with E-state index in [1.807, 2.05) is 13.0 Å². The maximum Gasteiger partial charge on any atom is 0.156 e. The van der Waals surface area contributed by atoms with Gasteiger partial charge in [0.25, 0.3) is 0 Å². The summed E-state index contributed by atoms with van der Waals surface area (Å²) in [6, 6.07) is 9.31. The number of hydrogen-bond donors (Lipinski definition) is 0. The molecule has 0 radical (unpaired) electrons.